The van der Waals surface area contributed by atoms with Crippen LogP contribution in [0.1, 0.15) is 33.6 Å². The van der Waals surface area contributed by atoms with Crippen LogP contribution in [0.5, 0.6) is 0 Å². The Labute approximate surface area is 73.3 Å². The predicted molar refractivity (Wildman–Crippen MR) is 46.7 cm³/mol. The maximum absolute atomic E-state index is 11.1. The maximum atomic E-state index is 11.1. The number of ketones is 1. The Balaban J connectivity index is 2.59. The van der Waals surface area contributed by atoms with Crippen molar-refractivity contribution in [3.8, 4) is 0 Å². The molecule has 0 aromatic heterocycles. The van der Waals surface area contributed by atoms with Crippen molar-refractivity contribution in [2.24, 2.45) is 17.3 Å². The van der Waals surface area contributed by atoms with E-state index < -0.39 is 0 Å². The van der Waals surface area contributed by atoms with Crippen molar-refractivity contribution in [1.29, 1.82) is 0 Å². The lowest BCUT2D eigenvalue weighted by Crippen LogP contribution is -2.48. The molecular formula is C10H16O2. The Morgan fingerprint density at radius 1 is 1.58 bits per heavy atom. The lowest BCUT2D eigenvalue weighted by atomic mass is 9.53. The molecule has 12 heavy (non-hydrogen) atoms. The molecular weight excluding hydrogens is 153 g/mol. The van der Waals surface area contributed by atoms with Crippen molar-refractivity contribution in [3.05, 3.63) is 0 Å². The van der Waals surface area contributed by atoms with E-state index in [1.165, 1.54) is 0 Å². The first-order valence-corrected chi connectivity index (χ1v) is 4.44. The number of carbonyl (C=O) groups is 2. The minimum absolute atomic E-state index is 0.0484. The van der Waals surface area contributed by atoms with Gasteiger partial charge in [0.2, 0.25) is 0 Å². The zero-order valence-corrected chi connectivity index (χ0v) is 7.96. The van der Waals surface area contributed by atoms with Crippen LogP contribution < -0.4 is 0 Å². The van der Waals surface area contributed by atoms with E-state index in [-0.39, 0.29) is 17.1 Å². The van der Waals surface area contributed by atoms with Crippen LogP contribution in [0.15, 0.2) is 0 Å². The molecule has 68 valence electrons. The van der Waals surface area contributed by atoms with Crippen LogP contribution in [-0.2, 0) is 9.59 Å². The van der Waals surface area contributed by atoms with Crippen LogP contribution >= 0.6 is 0 Å². The third kappa shape index (κ3) is 1.30. The van der Waals surface area contributed by atoms with Crippen molar-refractivity contribution < 1.29 is 9.59 Å². The second kappa shape index (κ2) is 3.00. The number of carbonyl (C=O) groups excluding carboxylic acids is 2. The quantitative estimate of drug-likeness (QED) is 0.477. The van der Waals surface area contributed by atoms with Gasteiger partial charge >= 0.3 is 0 Å². The lowest BCUT2D eigenvalue weighted by Gasteiger charge is -2.50. The number of hydrogen-bond donors (Lipinski definition) is 0. The van der Waals surface area contributed by atoms with E-state index >= 15 is 0 Å². The van der Waals surface area contributed by atoms with Gasteiger partial charge < -0.3 is 4.79 Å². The highest BCUT2D eigenvalue weighted by atomic mass is 16.1. The summed E-state index contributed by atoms with van der Waals surface area (Å²) in [5.74, 6) is 0.869. The van der Waals surface area contributed by atoms with Crippen molar-refractivity contribution in [3.63, 3.8) is 0 Å². The zero-order valence-electron chi connectivity index (χ0n) is 7.96. The number of Topliss-reactive ketones (excluding diaryl/α,β-unsaturated/α-hetero) is 1. The van der Waals surface area contributed by atoms with E-state index in [9.17, 15) is 9.59 Å². The zero-order chi connectivity index (χ0) is 9.35. The normalized spacial score (nSPS) is 32.2. The summed E-state index contributed by atoms with van der Waals surface area (Å²) in [7, 11) is 0. The molecule has 1 aliphatic rings. The lowest BCUT2D eigenvalue weighted by molar-refractivity contribution is -0.138. The number of rotatable bonds is 3. The summed E-state index contributed by atoms with van der Waals surface area (Å²) in [6.07, 6.45) is 2.47. The minimum Gasteiger partial charge on any atom is -0.303 e. The van der Waals surface area contributed by atoms with Gasteiger partial charge in [-0.3, -0.25) is 4.79 Å². The molecule has 0 unspecified atom stereocenters. The predicted octanol–water partition coefficient (Wildman–Crippen LogP) is 1.83. The van der Waals surface area contributed by atoms with E-state index in [1.54, 1.807) is 6.92 Å². The van der Waals surface area contributed by atoms with E-state index in [1.807, 2.05) is 0 Å². The van der Waals surface area contributed by atoms with Crippen LogP contribution in [0, 0.1) is 17.3 Å². The van der Waals surface area contributed by atoms with Gasteiger partial charge in [0.1, 0.15) is 12.1 Å². The molecule has 1 saturated carbocycles. The Morgan fingerprint density at radius 2 is 2.17 bits per heavy atom. The molecule has 2 heteroatoms. The molecule has 0 radical (unpaired) electrons. The van der Waals surface area contributed by atoms with Crippen molar-refractivity contribution in [1.82, 2.24) is 0 Å². The fraction of sp³-hybridized carbons (Fsp3) is 0.800. The molecule has 0 saturated heterocycles. The molecule has 0 aromatic carbocycles. The first-order chi connectivity index (χ1) is 5.50. The maximum Gasteiger partial charge on any atom is 0.133 e. The van der Waals surface area contributed by atoms with Crippen LogP contribution in [0.3, 0.4) is 0 Å². The summed E-state index contributed by atoms with van der Waals surface area (Å²) in [5, 5.41) is 0. The third-order valence-electron chi connectivity index (χ3n) is 3.34. The van der Waals surface area contributed by atoms with E-state index in [0.717, 1.165) is 12.7 Å². The fourth-order valence-electron chi connectivity index (χ4n) is 2.22. The molecule has 2 nitrogen and oxygen atoms in total. The SMILES string of the molecule is CC1(C)[C@H](CC=O)C[C@@H]1C([13CH3])=O. The van der Waals surface area contributed by atoms with Crippen molar-refractivity contribution in [2.75, 3.05) is 0 Å². The molecule has 0 bridgehead atoms. The van der Waals surface area contributed by atoms with Gasteiger partial charge in [0.05, 0.1) is 0 Å². The Bertz CT molecular complexity index is 206. The van der Waals surface area contributed by atoms with E-state index in [4.69, 9.17) is 0 Å². The monoisotopic (exact) mass is 169 g/mol. The van der Waals surface area contributed by atoms with E-state index in [0.29, 0.717) is 12.3 Å². The third-order valence-corrected chi connectivity index (χ3v) is 3.34. The summed E-state index contributed by atoms with van der Waals surface area (Å²) in [6.45, 7) is 5.80. The highest BCUT2D eigenvalue weighted by molar-refractivity contribution is 5.80. The van der Waals surface area contributed by atoms with E-state index in [2.05, 4.69) is 13.8 Å². The first-order valence-electron chi connectivity index (χ1n) is 4.44. The van der Waals surface area contributed by atoms with Gasteiger partial charge in [-0.15, -0.1) is 0 Å². The van der Waals surface area contributed by atoms with Gasteiger partial charge in [0.15, 0.2) is 0 Å². The Hall–Kier alpha value is -0.660. The van der Waals surface area contributed by atoms with Crippen molar-refractivity contribution in [2.45, 2.75) is 33.6 Å². The van der Waals surface area contributed by atoms with Crippen LogP contribution in [0.25, 0.3) is 0 Å². The average molecular weight is 169 g/mol. The molecule has 0 N–H and O–H groups in total. The van der Waals surface area contributed by atoms with Crippen LogP contribution in [-0.4, -0.2) is 12.1 Å². The minimum atomic E-state index is 0.0484. The Morgan fingerprint density at radius 3 is 2.50 bits per heavy atom. The largest absolute Gasteiger partial charge is 0.303 e. The molecule has 2 atom stereocenters. The van der Waals surface area contributed by atoms with Crippen LogP contribution in [0.4, 0.5) is 0 Å². The van der Waals surface area contributed by atoms with Crippen molar-refractivity contribution >= 4 is 12.1 Å². The summed E-state index contributed by atoms with van der Waals surface area (Å²) in [4.78, 5) is 21.4. The highest BCUT2D eigenvalue weighted by Crippen LogP contribution is 2.52. The van der Waals surface area contributed by atoms with Crippen LogP contribution in [0.2, 0.25) is 0 Å². The average Bonchev–Trinajstić information content (AvgIpc) is 1.96. The molecule has 1 rings (SSSR count). The van der Waals surface area contributed by atoms with Gasteiger partial charge in [0.25, 0.3) is 0 Å². The Kier molecular flexibility index (Phi) is 2.36. The second-order valence-electron chi connectivity index (χ2n) is 4.32. The molecule has 0 aliphatic heterocycles. The standard InChI is InChI=1S/C10H16O2/c1-7(12)9-6-8(4-5-11)10(9,2)3/h5,8-9H,4,6H2,1-3H3/t8-,9-/m1/s1/i1+1. The number of hydrogen-bond acceptors (Lipinski definition) is 2. The van der Waals surface area contributed by atoms with Gasteiger partial charge in [0, 0.05) is 12.3 Å². The van der Waals surface area contributed by atoms with Gasteiger partial charge in [-0.2, -0.15) is 0 Å². The number of aldehydes is 1. The molecule has 0 amide bonds. The van der Waals surface area contributed by atoms with Gasteiger partial charge in [-0.1, -0.05) is 13.8 Å². The van der Waals surface area contributed by atoms with Gasteiger partial charge in [-0.05, 0) is 24.7 Å². The van der Waals surface area contributed by atoms with Gasteiger partial charge in [-0.25, -0.2) is 0 Å². The highest BCUT2D eigenvalue weighted by Gasteiger charge is 2.49. The summed E-state index contributed by atoms with van der Waals surface area (Å²) in [5.41, 5.74) is 0.0484. The fourth-order valence-corrected chi connectivity index (χ4v) is 2.22. The summed E-state index contributed by atoms with van der Waals surface area (Å²) in [6, 6.07) is 0. The topological polar surface area (TPSA) is 34.1 Å². The molecule has 1 fully saturated rings. The smallest absolute Gasteiger partial charge is 0.133 e. The second-order valence-corrected chi connectivity index (χ2v) is 4.32. The first kappa shape index (κ1) is 9.43. The summed E-state index contributed by atoms with van der Waals surface area (Å²) < 4.78 is 0. The molecule has 0 heterocycles. The molecule has 0 aromatic rings. The molecule has 0 spiro atoms. The summed E-state index contributed by atoms with van der Waals surface area (Å²) >= 11 is 0. The molecule has 1 aliphatic carbocycles.